The second kappa shape index (κ2) is 4.20. The molecule has 0 N–H and O–H groups in total. The van der Waals surface area contributed by atoms with Crippen LogP contribution in [0.3, 0.4) is 0 Å². The van der Waals surface area contributed by atoms with Gasteiger partial charge >= 0.3 is 0 Å². The molecule has 0 aliphatic heterocycles. The highest BCUT2D eigenvalue weighted by Crippen LogP contribution is 2.19. The van der Waals surface area contributed by atoms with Crippen molar-refractivity contribution in [2.45, 2.75) is 39.5 Å². The van der Waals surface area contributed by atoms with E-state index in [9.17, 15) is 0 Å². The van der Waals surface area contributed by atoms with Crippen molar-refractivity contribution in [3.8, 4) is 0 Å². The predicted octanol–water partition coefficient (Wildman–Crippen LogP) is 3.88. The van der Waals surface area contributed by atoms with Gasteiger partial charge in [-0.15, -0.1) is 0 Å². The zero-order chi connectivity index (χ0) is 11.7. The van der Waals surface area contributed by atoms with Gasteiger partial charge in [-0.25, -0.2) is 0 Å². The second-order valence-electron chi connectivity index (χ2n) is 4.82. The molecule has 2 aromatic heterocycles. The van der Waals surface area contributed by atoms with E-state index in [1.54, 1.807) is 0 Å². The Hall–Kier alpha value is -1.44. The lowest BCUT2D eigenvalue weighted by atomic mass is 10.1. The number of aromatic nitrogens is 2. The molecule has 0 radical (unpaired) electrons. The van der Waals surface area contributed by atoms with Crippen molar-refractivity contribution in [2.75, 3.05) is 0 Å². The van der Waals surface area contributed by atoms with Gasteiger partial charge in [-0.1, -0.05) is 27.7 Å². The average Bonchev–Trinajstić information content (AvgIpc) is 2.27. The zero-order valence-corrected chi connectivity index (χ0v) is 10.4. The Morgan fingerprint density at radius 2 is 1.06 bits per heavy atom. The van der Waals surface area contributed by atoms with Crippen LogP contribution < -0.4 is 0 Å². The highest BCUT2D eigenvalue weighted by atomic mass is 14.8. The largest absolute Gasteiger partial charge is 0.251 e. The van der Waals surface area contributed by atoms with Crippen LogP contribution in [-0.4, -0.2) is 9.97 Å². The maximum absolute atomic E-state index is 4.61. The lowest BCUT2D eigenvalue weighted by Crippen LogP contribution is -1.96. The molecule has 2 aromatic rings. The number of hydrogen-bond donors (Lipinski definition) is 0. The van der Waals surface area contributed by atoms with Crippen LogP contribution in [0.2, 0.25) is 0 Å². The second-order valence-corrected chi connectivity index (χ2v) is 4.82. The first kappa shape index (κ1) is 11.1. The fourth-order valence-electron chi connectivity index (χ4n) is 1.68. The number of nitrogens with zero attached hydrogens (tertiary/aromatic N) is 2. The van der Waals surface area contributed by atoms with Crippen LogP contribution in [-0.2, 0) is 0 Å². The van der Waals surface area contributed by atoms with Crippen molar-refractivity contribution >= 4 is 11.0 Å². The van der Waals surface area contributed by atoms with E-state index in [2.05, 4.69) is 61.9 Å². The first-order valence-electron chi connectivity index (χ1n) is 5.85. The molecule has 0 unspecified atom stereocenters. The molecule has 0 bridgehead atoms. The molecule has 0 saturated carbocycles. The SMILES string of the molecule is CC(C)c1ccc2nc(C(C)C)ccc2n1. The molecular weight excluding hydrogens is 196 g/mol. The lowest BCUT2D eigenvalue weighted by molar-refractivity contribution is 0.821. The molecule has 84 valence electrons. The van der Waals surface area contributed by atoms with Gasteiger partial charge in [0.1, 0.15) is 0 Å². The van der Waals surface area contributed by atoms with Crippen molar-refractivity contribution in [1.29, 1.82) is 0 Å². The lowest BCUT2D eigenvalue weighted by Gasteiger charge is -2.08. The van der Waals surface area contributed by atoms with Crippen molar-refractivity contribution in [3.63, 3.8) is 0 Å². The van der Waals surface area contributed by atoms with E-state index < -0.39 is 0 Å². The van der Waals surface area contributed by atoms with Gasteiger partial charge in [0.25, 0.3) is 0 Å². The van der Waals surface area contributed by atoms with Crippen LogP contribution in [0.15, 0.2) is 24.3 Å². The first-order valence-corrected chi connectivity index (χ1v) is 5.85. The Balaban J connectivity index is 2.53. The van der Waals surface area contributed by atoms with E-state index in [-0.39, 0.29) is 0 Å². The van der Waals surface area contributed by atoms with Crippen LogP contribution in [0.25, 0.3) is 11.0 Å². The molecule has 2 rings (SSSR count). The van der Waals surface area contributed by atoms with Gasteiger partial charge < -0.3 is 0 Å². The summed E-state index contributed by atoms with van der Waals surface area (Å²) in [6, 6.07) is 8.29. The minimum absolute atomic E-state index is 0.467. The maximum atomic E-state index is 4.61. The summed E-state index contributed by atoms with van der Waals surface area (Å²) in [5, 5.41) is 0. The molecule has 0 saturated heterocycles. The van der Waals surface area contributed by atoms with E-state index in [4.69, 9.17) is 0 Å². The molecule has 2 heteroatoms. The number of fused-ring (bicyclic) bond motifs is 1. The fourth-order valence-corrected chi connectivity index (χ4v) is 1.68. The summed E-state index contributed by atoms with van der Waals surface area (Å²) in [5.41, 5.74) is 4.25. The Morgan fingerprint density at radius 3 is 1.38 bits per heavy atom. The Labute approximate surface area is 96.7 Å². The van der Waals surface area contributed by atoms with Crippen molar-refractivity contribution in [3.05, 3.63) is 35.7 Å². The summed E-state index contributed by atoms with van der Waals surface area (Å²) >= 11 is 0. The van der Waals surface area contributed by atoms with Crippen LogP contribution >= 0.6 is 0 Å². The Bertz CT molecular complexity index is 454. The van der Waals surface area contributed by atoms with E-state index in [0.29, 0.717) is 11.8 Å². The monoisotopic (exact) mass is 214 g/mol. The summed E-state index contributed by atoms with van der Waals surface area (Å²) in [6.07, 6.45) is 0. The van der Waals surface area contributed by atoms with Gasteiger partial charge in [0.05, 0.1) is 11.0 Å². The Morgan fingerprint density at radius 1 is 0.688 bits per heavy atom. The van der Waals surface area contributed by atoms with Crippen molar-refractivity contribution in [1.82, 2.24) is 9.97 Å². The number of pyridine rings is 2. The topological polar surface area (TPSA) is 25.8 Å². The molecule has 0 atom stereocenters. The first-order chi connectivity index (χ1) is 7.58. The highest BCUT2D eigenvalue weighted by molar-refractivity contribution is 5.74. The molecule has 0 aromatic carbocycles. The summed E-state index contributed by atoms with van der Waals surface area (Å²) in [7, 11) is 0. The van der Waals surface area contributed by atoms with E-state index in [0.717, 1.165) is 22.4 Å². The van der Waals surface area contributed by atoms with Gasteiger partial charge in [0.15, 0.2) is 0 Å². The van der Waals surface area contributed by atoms with Crippen LogP contribution in [0, 0.1) is 0 Å². The maximum Gasteiger partial charge on any atom is 0.0890 e. The third kappa shape index (κ3) is 2.06. The van der Waals surface area contributed by atoms with Crippen LogP contribution in [0.5, 0.6) is 0 Å². The number of hydrogen-bond acceptors (Lipinski definition) is 2. The van der Waals surface area contributed by atoms with Gasteiger partial charge in [-0.2, -0.15) is 0 Å². The molecule has 0 fully saturated rings. The Kier molecular flexibility index (Phi) is 2.90. The molecule has 0 aliphatic rings. The molecule has 2 heterocycles. The van der Waals surface area contributed by atoms with E-state index in [1.165, 1.54) is 0 Å². The normalized spacial score (nSPS) is 11.6. The number of rotatable bonds is 2. The standard InChI is InChI=1S/C14H18N2/c1-9(2)11-5-7-14-13(15-11)8-6-12(16-14)10(3)4/h5-10H,1-4H3. The molecule has 0 amide bonds. The third-order valence-corrected chi connectivity index (χ3v) is 2.77. The molecule has 0 spiro atoms. The summed E-state index contributed by atoms with van der Waals surface area (Å²) in [4.78, 5) is 9.23. The molecule has 0 aliphatic carbocycles. The minimum atomic E-state index is 0.467. The fraction of sp³-hybridized carbons (Fsp3) is 0.429. The smallest absolute Gasteiger partial charge is 0.0890 e. The van der Waals surface area contributed by atoms with Crippen LogP contribution in [0.1, 0.15) is 50.9 Å². The van der Waals surface area contributed by atoms with E-state index in [1.807, 2.05) is 0 Å². The van der Waals surface area contributed by atoms with E-state index >= 15 is 0 Å². The van der Waals surface area contributed by atoms with Gasteiger partial charge in [-0.05, 0) is 36.1 Å². The summed E-state index contributed by atoms with van der Waals surface area (Å²) in [5.74, 6) is 0.934. The highest BCUT2D eigenvalue weighted by Gasteiger charge is 2.05. The van der Waals surface area contributed by atoms with Gasteiger partial charge in [-0.3, -0.25) is 9.97 Å². The van der Waals surface area contributed by atoms with Gasteiger partial charge in [0, 0.05) is 11.4 Å². The third-order valence-electron chi connectivity index (χ3n) is 2.77. The predicted molar refractivity (Wildman–Crippen MR) is 67.7 cm³/mol. The van der Waals surface area contributed by atoms with Gasteiger partial charge in [0.2, 0.25) is 0 Å². The summed E-state index contributed by atoms with van der Waals surface area (Å²) < 4.78 is 0. The minimum Gasteiger partial charge on any atom is -0.251 e. The molecule has 16 heavy (non-hydrogen) atoms. The molecular formula is C14H18N2. The van der Waals surface area contributed by atoms with Crippen molar-refractivity contribution in [2.24, 2.45) is 0 Å². The quantitative estimate of drug-likeness (QED) is 0.758. The zero-order valence-electron chi connectivity index (χ0n) is 10.4. The van der Waals surface area contributed by atoms with Crippen LogP contribution in [0.4, 0.5) is 0 Å². The van der Waals surface area contributed by atoms with Crippen molar-refractivity contribution < 1.29 is 0 Å². The molecule has 2 nitrogen and oxygen atoms in total. The average molecular weight is 214 g/mol. The summed E-state index contributed by atoms with van der Waals surface area (Å²) in [6.45, 7) is 8.63.